The normalized spacial score (nSPS) is 33.6. The van der Waals surface area contributed by atoms with Crippen LogP contribution in [0, 0.1) is 11.8 Å². The van der Waals surface area contributed by atoms with Crippen LogP contribution in [0.25, 0.3) is 0 Å². The smallest absolute Gasteiger partial charge is 0.0533 e. The van der Waals surface area contributed by atoms with E-state index in [9.17, 15) is 0 Å². The monoisotopic (exact) mass is 272 g/mol. The number of hydrogen-bond donors (Lipinski definition) is 0. The first-order chi connectivity index (χ1) is 9.70. The van der Waals surface area contributed by atoms with Crippen LogP contribution in [0.1, 0.15) is 50.6 Å². The van der Waals surface area contributed by atoms with E-state index in [1.165, 1.54) is 37.7 Å². The van der Waals surface area contributed by atoms with Crippen molar-refractivity contribution >= 4 is 0 Å². The van der Waals surface area contributed by atoms with E-state index in [1.807, 2.05) is 0 Å². The number of nitrogens with zero attached hydrogens (tertiary/aromatic N) is 2. The fourth-order valence-corrected chi connectivity index (χ4v) is 4.65. The third-order valence-corrected chi connectivity index (χ3v) is 5.64. The molecule has 110 valence electrons. The minimum absolute atomic E-state index is 0.535. The van der Waals surface area contributed by atoms with Crippen LogP contribution < -0.4 is 0 Å². The van der Waals surface area contributed by atoms with Crippen molar-refractivity contribution in [1.82, 2.24) is 10.0 Å². The SMILES string of the molecule is CC1C(c2ccccc2)N(C)N(C)C1C1CCCCC1. The highest BCUT2D eigenvalue weighted by Gasteiger charge is 2.45. The molecule has 1 aromatic rings. The minimum atomic E-state index is 0.535. The Bertz CT molecular complexity index is 424. The molecule has 1 saturated heterocycles. The summed E-state index contributed by atoms with van der Waals surface area (Å²) in [5.41, 5.74) is 1.47. The lowest BCUT2D eigenvalue weighted by Gasteiger charge is -2.35. The lowest BCUT2D eigenvalue weighted by molar-refractivity contribution is 0.00292. The van der Waals surface area contributed by atoms with E-state index in [0.717, 1.165) is 5.92 Å². The van der Waals surface area contributed by atoms with E-state index in [1.54, 1.807) is 0 Å². The van der Waals surface area contributed by atoms with Gasteiger partial charge in [-0.25, -0.2) is 10.0 Å². The predicted molar refractivity (Wildman–Crippen MR) is 84.2 cm³/mol. The fraction of sp³-hybridized carbons (Fsp3) is 0.667. The largest absolute Gasteiger partial charge is 0.241 e. The van der Waals surface area contributed by atoms with Crippen molar-refractivity contribution in [2.24, 2.45) is 11.8 Å². The fourth-order valence-electron chi connectivity index (χ4n) is 4.65. The van der Waals surface area contributed by atoms with Gasteiger partial charge in [-0.1, -0.05) is 56.5 Å². The lowest BCUT2D eigenvalue weighted by Crippen LogP contribution is -2.41. The van der Waals surface area contributed by atoms with Gasteiger partial charge in [0.05, 0.1) is 6.04 Å². The van der Waals surface area contributed by atoms with Crippen LogP contribution in [-0.4, -0.2) is 30.2 Å². The molecule has 1 aliphatic heterocycles. The van der Waals surface area contributed by atoms with Crippen molar-refractivity contribution in [3.8, 4) is 0 Å². The van der Waals surface area contributed by atoms with E-state index in [4.69, 9.17) is 0 Å². The van der Waals surface area contributed by atoms with Gasteiger partial charge in [0.15, 0.2) is 0 Å². The first kappa shape index (κ1) is 14.1. The van der Waals surface area contributed by atoms with Gasteiger partial charge < -0.3 is 0 Å². The Morgan fingerprint density at radius 2 is 1.55 bits per heavy atom. The van der Waals surface area contributed by atoms with Crippen LogP contribution in [0.4, 0.5) is 0 Å². The zero-order chi connectivity index (χ0) is 14.1. The molecule has 3 unspecified atom stereocenters. The van der Waals surface area contributed by atoms with E-state index < -0.39 is 0 Å². The van der Waals surface area contributed by atoms with E-state index >= 15 is 0 Å². The molecule has 1 saturated carbocycles. The van der Waals surface area contributed by atoms with Crippen molar-refractivity contribution in [2.75, 3.05) is 14.1 Å². The highest BCUT2D eigenvalue weighted by Crippen LogP contribution is 2.44. The number of hydrogen-bond acceptors (Lipinski definition) is 2. The molecule has 3 atom stereocenters. The summed E-state index contributed by atoms with van der Waals surface area (Å²) in [4.78, 5) is 0. The molecule has 0 bridgehead atoms. The average Bonchev–Trinajstić information content (AvgIpc) is 2.71. The third kappa shape index (κ3) is 2.40. The van der Waals surface area contributed by atoms with Crippen molar-refractivity contribution in [3.05, 3.63) is 35.9 Å². The first-order valence-electron chi connectivity index (χ1n) is 8.20. The molecular weight excluding hydrogens is 244 g/mol. The molecule has 0 spiro atoms. The standard InChI is InChI=1S/C18H28N2/c1-14-17(15-10-6-4-7-11-15)19(2)20(3)18(14)16-12-8-5-9-13-16/h4,6-7,10-11,14,16-18H,5,8-9,12-13H2,1-3H3. The van der Waals surface area contributed by atoms with Gasteiger partial charge in [-0.05, 0) is 30.2 Å². The Balaban J connectivity index is 1.84. The second-order valence-electron chi connectivity index (χ2n) is 6.75. The van der Waals surface area contributed by atoms with Crippen molar-refractivity contribution in [2.45, 2.75) is 51.1 Å². The average molecular weight is 272 g/mol. The topological polar surface area (TPSA) is 6.48 Å². The Hall–Kier alpha value is -0.860. The Labute approximate surface area is 123 Å². The summed E-state index contributed by atoms with van der Waals surface area (Å²) in [6, 6.07) is 12.3. The van der Waals surface area contributed by atoms with Gasteiger partial charge in [0, 0.05) is 20.1 Å². The third-order valence-electron chi connectivity index (χ3n) is 5.64. The molecule has 3 rings (SSSR count). The summed E-state index contributed by atoms with van der Waals surface area (Å²) in [5.74, 6) is 1.59. The van der Waals surface area contributed by atoms with E-state index in [2.05, 4.69) is 61.4 Å². The van der Waals surface area contributed by atoms with Crippen LogP contribution in [0.3, 0.4) is 0 Å². The molecule has 1 aliphatic carbocycles. The second-order valence-corrected chi connectivity index (χ2v) is 6.75. The predicted octanol–water partition coefficient (Wildman–Crippen LogP) is 4.10. The number of benzene rings is 1. The summed E-state index contributed by atoms with van der Waals surface area (Å²) in [6.45, 7) is 2.46. The van der Waals surface area contributed by atoms with Gasteiger partial charge in [-0.3, -0.25) is 0 Å². The quantitative estimate of drug-likeness (QED) is 0.799. The van der Waals surface area contributed by atoms with Gasteiger partial charge in [0.2, 0.25) is 0 Å². The van der Waals surface area contributed by atoms with Crippen molar-refractivity contribution in [3.63, 3.8) is 0 Å². The molecule has 2 aliphatic rings. The Kier molecular flexibility index (Phi) is 4.13. The van der Waals surface area contributed by atoms with E-state index in [0.29, 0.717) is 18.0 Å². The van der Waals surface area contributed by atoms with Gasteiger partial charge >= 0.3 is 0 Å². The molecular formula is C18H28N2. The molecule has 2 nitrogen and oxygen atoms in total. The van der Waals surface area contributed by atoms with Gasteiger partial charge in [0.25, 0.3) is 0 Å². The molecule has 0 radical (unpaired) electrons. The van der Waals surface area contributed by atoms with Gasteiger partial charge in [-0.2, -0.15) is 0 Å². The summed E-state index contributed by atoms with van der Waals surface area (Å²) in [5, 5.41) is 5.00. The zero-order valence-corrected chi connectivity index (χ0v) is 13.1. The molecule has 2 fully saturated rings. The lowest BCUT2D eigenvalue weighted by atomic mass is 9.77. The van der Waals surface area contributed by atoms with Crippen LogP contribution in [0.2, 0.25) is 0 Å². The van der Waals surface area contributed by atoms with E-state index in [-0.39, 0.29) is 0 Å². The summed E-state index contributed by atoms with van der Waals surface area (Å²) in [6.07, 6.45) is 7.16. The molecule has 20 heavy (non-hydrogen) atoms. The zero-order valence-electron chi connectivity index (χ0n) is 13.1. The highest BCUT2D eigenvalue weighted by molar-refractivity contribution is 5.21. The van der Waals surface area contributed by atoms with Crippen LogP contribution in [-0.2, 0) is 0 Å². The van der Waals surface area contributed by atoms with Crippen molar-refractivity contribution < 1.29 is 0 Å². The molecule has 0 N–H and O–H groups in total. The summed E-state index contributed by atoms with van der Waals surface area (Å²) < 4.78 is 0. The Morgan fingerprint density at radius 3 is 2.20 bits per heavy atom. The molecule has 1 heterocycles. The van der Waals surface area contributed by atoms with Crippen LogP contribution in [0.5, 0.6) is 0 Å². The number of rotatable bonds is 2. The van der Waals surface area contributed by atoms with Crippen LogP contribution in [0.15, 0.2) is 30.3 Å². The molecule has 0 aromatic heterocycles. The maximum atomic E-state index is 2.53. The van der Waals surface area contributed by atoms with Crippen molar-refractivity contribution in [1.29, 1.82) is 0 Å². The van der Waals surface area contributed by atoms with Gasteiger partial charge in [-0.15, -0.1) is 0 Å². The molecule has 0 amide bonds. The van der Waals surface area contributed by atoms with Crippen LogP contribution >= 0.6 is 0 Å². The molecule has 1 aromatic carbocycles. The summed E-state index contributed by atoms with van der Waals surface area (Å²) >= 11 is 0. The molecule has 2 heteroatoms. The number of hydrazine groups is 1. The highest BCUT2D eigenvalue weighted by atomic mass is 15.7. The second kappa shape index (κ2) is 5.87. The summed E-state index contributed by atoms with van der Waals surface area (Å²) in [7, 11) is 4.55. The minimum Gasteiger partial charge on any atom is -0.241 e. The van der Waals surface area contributed by atoms with Gasteiger partial charge in [0.1, 0.15) is 0 Å². The maximum absolute atomic E-state index is 2.53. The Morgan fingerprint density at radius 1 is 0.900 bits per heavy atom. The maximum Gasteiger partial charge on any atom is 0.0533 e. The first-order valence-corrected chi connectivity index (χ1v) is 8.20.